The fourth-order valence-corrected chi connectivity index (χ4v) is 3.98. The summed E-state index contributed by atoms with van der Waals surface area (Å²) in [6, 6.07) is 5.21. The van der Waals surface area contributed by atoms with Crippen molar-refractivity contribution in [3.8, 4) is 0 Å². The van der Waals surface area contributed by atoms with Crippen molar-refractivity contribution < 1.29 is 4.79 Å². The van der Waals surface area contributed by atoms with Gasteiger partial charge < -0.3 is 11.1 Å². The molecule has 0 spiro atoms. The number of carbonyl (C=O) groups excluding carboxylic acids is 1. The van der Waals surface area contributed by atoms with Crippen molar-refractivity contribution in [1.82, 2.24) is 10.2 Å². The molecular formula is C18H27Cl2N3OS. The fraction of sp³-hybridized carbons (Fsp3) is 0.611. The second-order valence-corrected chi connectivity index (χ2v) is 8.18. The zero-order chi connectivity index (χ0) is 18.6. The maximum absolute atomic E-state index is 13.0. The smallest absolute Gasteiger partial charge is 0.238 e. The minimum Gasteiger partial charge on any atom is -0.351 e. The lowest BCUT2D eigenvalue weighted by Crippen LogP contribution is -2.52. The summed E-state index contributed by atoms with van der Waals surface area (Å²) in [5, 5.41) is 4.02. The minimum absolute atomic E-state index is 0.0178. The maximum Gasteiger partial charge on any atom is 0.238 e. The van der Waals surface area contributed by atoms with Gasteiger partial charge in [0.15, 0.2) is 0 Å². The van der Waals surface area contributed by atoms with Gasteiger partial charge in [-0.15, -0.1) is 0 Å². The molecule has 1 heterocycles. The highest BCUT2D eigenvalue weighted by molar-refractivity contribution is 7.80. The molecule has 3 atom stereocenters. The number of nitrogens with two attached hydrogens (primary N) is 1. The number of nitrogens with zero attached hydrogens (tertiary/aromatic N) is 1. The number of rotatable bonds is 7. The number of hydrogen-bond donors (Lipinski definition) is 3. The molecule has 140 valence electrons. The SMILES string of the molecule is CC[C@@]1(C)CCN(C[C@@H](N)CS)[C@@H]1C(=O)NCc1cccc(Cl)c1Cl. The normalized spacial score (nSPS) is 25.1. The Morgan fingerprint density at radius 3 is 2.88 bits per heavy atom. The molecule has 0 unspecified atom stereocenters. The van der Waals surface area contributed by atoms with Gasteiger partial charge in [-0.2, -0.15) is 12.6 Å². The van der Waals surface area contributed by atoms with Gasteiger partial charge in [0, 0.05) is 24.9 Å². The number of thiol groups is 1. The van der Waals surface area contributed by atoms with Crippen molar-refractivity contribution in [3.63, 3.8) is 0 Å². The molecule has 1 aliphatic heterocycles. The second kappa shape index (κ2) is 8.96. The van der Waals surface area contributed by atoms with E-state index in [1.54, 1.807) is 6.07 Å². The molecule has 0 aliphatic carbocycles. The molecule has 0 radical (unpaired) electrons. The van der Waals surface area contributed by atoms with Crippen LogP contribution in [0.5, 0.6) is 0 Å². The van der Waals surface area contributed by atoms with Gasteiger partial charge in [0.1, 0.15) is 0 Å². The van der Waals surface area contributed by atoms with Gasteiger partial charge in [-0.3, -0.25) is 9.69 Å². The molecule has 0 bridgehead atoms. The molecule has 0 saturated carbocycles. The van der Waals surface area contributed by atoms with Gasteiger partial charge in [-0.1, -0.05) is 49.2 Å². The lowest BCUT2D eigenvalue weighted by Gasteiger charge is -2.34. The summed E-state index contributed by atoms with van der Waals surface area (Å²) in [4.78, 5) is 15.2. The minimum atomic E-state index is -0.193. The van der Waals surface area contributed by atoms with Gasteiger partial charge in [0.05, 0.1) is 16.1 Å². The molecule has 1 saturated heterocycles. The number of likely N-dealkylation sites (tertiary alicyclic amines) is 1. The number of amides is 1. The van der Waals surface area contributed by atoms with Crippen LogP contribution in [0.1, 0.15) is 32.3 Å². The van der Waals surface area contributed by atoms with Gasteiger partial charge in [-0.05, 0) is 36.4 Å². The van der Waals surface area contributed by atoms with Crippen LogP contribution in [0.2, 0.25) is 10.0 Å². The van der Waals surface area contributed by atoms with Crippen molar-refractivity contribution in [3.05, 3.63) is 33.8 Å². The first-order valence-corrected chi connectivity index (χ1v) is 10.0. The summed E-state index contributed by atoms with van der Waals surface area (Å²) in [6.45, 7) is 6.23. The van der Waals surface area contributed by atoms with Crippen LogP contribution < -0.4 is 11.1 Å². The monoisotopic (exact) mass is 403 g/mol. The topological polar surface area (TPSA) is 58.4 Å². The van der Waals surface area contributed by atoms with Gasteiger partial charge in [0.2, 0.25) is 5.91 Å². The molecule has 1 aromatic carbocycles. The summed E-state index contributed by atoms with van der Waals surface area (Å²) in [5.41, 5.74) is 6.82. The van der Waals surface area contributed by atoms with Gasteiger partial charge >= 0.3 is 0 Å². The first-order chi connectivity index (χ1) is 11.8. The van der Waals surface area contributed by atoms with Crippen LogP contribution >= 0.6 is 35.8 Å². The van der Waals surface area contributed by atoms with Gasteiger partial charge in [0.25, 0.3) is 0 Å². The molecular weight excluding hydrogens is 377 g/mol. The molecule has 2 rings (SSSR count). The largest absolute Gasteiger partial charge is 0.351 e. The Balaban J connectivity index is 2.11. The molecule has 1 aliphatic rings. The van der Waals surface area contributed by atoms with Crippen LogP contribution in [0.4, 0.5) is 0 Å². The van der Waals surface area contributed by atoms with Crippen LogP contribution in [0, 0.1) is 5.41 Å². The van der Waals surface area contributed by atoms with Crippen molar-refractivity contribution in [2.75, 3.05) is 18.8 Å². The van der Waals surface area contributed by atoms with E-state index in [0.717, 1.165) is 24.9 Å². The van der Waals surface area contributed by atoms with E-state index < -0.39 is 0 Å². The summed E-state index contributed by atoms with van der Waals surface area (Å²) in [7, 11) is 0. The van der Waals surface area contributed by atoms with E-state index in [9.17, 15) is 4.79 Å². The highest BCUT2D eigenvalue weighted by Crippen LogP contribution is 2.39. The number of benzene rings is 1. The molecule has 4 nitrogen and oxygen atoms in total. The summed E-state index contributed by atoms with van der Waals surface area (Å²) in [6.07, 6.45) is 1.93. The second-order valence-electron chi connectivity index (χ2n) is 7.03. The zero-order valence-corrected chi connectivity index (χ0v) is 17.2. The Bertz CT molecular complexity index is 616. The molecule has 7 heteroatoms. The average Bonchev–Trinajstić information content (AvgIpc) is 2.93. The van der Waals surface area contributed by atoms with Gasteiger partial charge in [-0.25, -0.2) is 0 Å². The van der Waals surface area contributed by atoms with E-state index in [2.05, 4.69) is 36.7 Å². The highest BCUT2D eigenvalue weighted by Gasteiger charge is 2.46. The summed E-state index contributed by atoms with van der Waals surface area (Å²) in [5.74, 6) is 0.621. The highest BCUT2D eigenvalue weighted by atomic mass is 35.5. The Labute approximate surface area is 165 Å². The first-order valence-electron chi connectivity index (χ1n) is 8.63. The molecule has 3 N–H and O–H groups in total. The van der Waals surface area contributed by atoms with Crippen molar-refractivity contribution in [2.45, 2.75) is 45.3 Å². The third-order valence-electron chi connectivity index (χ3n) is 5.24. The van der Waals surface area contributed by atoms with Crippen molar-refractivity contribution in [2.24, 2.45) is 11.1 Å². The standard InChI is InChI=1S/C18H27Cl2N3OS/c1-3-18(2)7-8-23(10-13(21)11-25)16(18)17(24)22-9-12-5-4-6-14(19)15(12)20/h4-6,13,16,25H,3,7-11,21H2,1-2H3,(H,22,24)/t13-,16-,18+/m1/s1. The van der Waals surface area contributed by atoms with E-state index in [1.165, 1.54) is 0 Å². The van der Waals surface area contributed by atoms with Crippen LogP contribution in [-0.4, -0.2) is 41.7 Å². The first kappa shape index (κ1) is 20.8. The number of hydrogen-bond acceptors (Lipinski definition) is 4. The molecule has 1 amide bonds. The van der Waals surface area contributed by atoms with Crippen LogP contribution in [0.25, 0.3) is 0 Å². The number of halogens is 2. The number of carbonyl (C=O) groups is 1. The Morgan fingerprint density at radius 1 is 1.52 bits per heavy atom. The van der Waals surface area contributed by atoms with E-state index in [-0.39, 0.29) is 23.4 Å². The van der Waals surface area contributed by atoms with Crippen LogP contribution in [-0.2, 0) is 11.3 Å². The van der Waals surface area contributed by atoms with Crippen LogP contribution in [0.3, 0.4) is 0 Å². The summed E-state index contributed by atoms with van der Waals surface area (Å²) >= 11 is 16.5. The Hall–Kier alpha value is -0.460. The third kappa shape index (κ3) is 4.83. The third-order valence-corrected chi connectivity index (χ3v) is 6.57. The van der Waals surface area contributed by atoms with Crippen LogP contribution in [0.15, 0.2) is 18.2 Å². The quantitative estimate of drug-likeness (QED) is 0.611. The average molecular weight is 404 g/mol. The molecule has 25 heavy (non-hydrogen) atoms. The Kier molecular flexibility index (Phi) is 7.47. The van der Waals surface area contributed by atoms with E-state index in [4.69, 9.17) is 28.9 Å². The molecule has 0 aromatic heterocycles. The summed E-state index contributed by atoms with van der Waals surface area (Å²) < 4.78 is 0. The Morgan fingerprint density at radius 2 is 2.24 bits per heavy atom. The lowest BCUT2D eigenvalue weighted by molar-refractivity contribution is -0.128. The number of nitrogens with one attached hydrogen (secondary N) is 1. The fourth-order valence-electron chi connectivity index (χ4n) is 3.48. The van der Waals surface area contributed by atoms with E-state index in [0.29, 0.717) is 28.9 Å². The van der Waals surface area contributed by atoms with Crippen molar-refractivity contribution in [1.29, 1.82) is 0 Å². The molecule has 1 fully saturated rings. The maximum atomic E-state index is 13.0. The lowest BCUT2D eigenvalue weighted by atomic mass is 9.79. The zero-order valence-electron chi connectivity index (χ0n) is 14.8. The van der Waals surface area contributed by atoms with E-state index in [1.807, 2.05) is 12.1 Å². The molecule has 1 aromatic rings. The van der Waals surface area contributed by atoms with Crippen molar-refractivity contribution >= 4 is 41.7 Å². The predicted octanol–water partition coefficient (Wildman–Crippen LogP) is 3.36. The predicted molar refractivity (Wildman–Crippen MR) is 109 cm³/mol. The van der Waals surface area contributed by atoms with E-state index >= 15 is 0 Å².